The molecule has 1 aromatic heterocycles. The Morgan fingerprint density at radius 2 is 1.91 bits per heavy atom. The van der Waals surface area contributed by atoms with E-state index in [-0.39, 0.29) is 18.0 Å². The van der Waals surface area contributed by atoms with Gasteiger partial charge in [0.15, 0.2) is 6.61 Å². The molecule has 0 unspecified atom stereocenters. The summed E-state index contributed by atoms with van der Waals surface area (Å²) >= 11 is 0. The topological polar surface area (TPSA) is 63.7 Å². The number of alkyl carbamates (subject to hydrolysis) is 1. The van der Waals surface area contributed by atoms with Crippen LogP contribution in [0.1, 0.15) is 64.1 Å². The molecule has 1 saturated carbocycles. The smallest absolute Gasteiger partial charge is 0.407 e. The number of ether oxygens (including phenoxy) is 2. The zero-order valence-corrected chi connectivity index (χ0v) is 19.5. The zero-order chi connectivity index (χ0) is 23.1. The Labute approximate surface area is 190 Å². The predicted molar refractivity (Wildman–Crippen MR) is 119 cm³/mol. The van der Waals surface area contributed by atoms with Gasteiger partial charge in [-0.25, -0.2) is 18.6 Å². The van der Waals surface area contributed by atoms with E-state index < -0.39 is 18.6 Å². The van der Waals surface area contributed by atoms with E-state index in [9.17, 15) is 13.6 Å². The Morgan fingerprint density at radius 1 is 1.19 bits per heavy atom. The first-order valence-corrected chi connectivity index (χ1v) is 11.8. The number of nitrogens with zero attached hydrogens (tertiary/aromatic N) is 2. The Bertz CT molecular complexity index is 746. The zero-order valence-electron chi connectivity index (χ0n) is 19.5. The first kappa shape index (κ1) is 24.7. The van der Waals surface area contributed by atoms with Gasteiger partial charge in [-0.2, -0.15) is 0 Å². The molecule has 0 aromatic carbocycles. The third-order valence-corrected chi connectivity index (χ3v) is 6.18. The predicted octanol–water partition coefficient (Wildman–Crippen LogP) is 4.60. The standard InChI is InChI=1S/C24H37F2N3O3/c1-24(2,3)32-23(30)27-19-7-4-17(5-8-19)10-13-29-14-11-18-6-9-22(31-16-21(25)26)28-20(18)12-15-29/h6,9,17,19,21H,4-5,7-8,10-16H2,1-3H3,(H,27,30)/t17-,19-. The monoisotopic (exact) mass is 453 g/mol. The molecule has 2 aliphatic rings. The van der Waals surface area contributed by atoms with Crippen LogP contribution in [-0.4, -0.2) is 60.3 Å². The average molecular weight is 454 g/mol. The van der Waals surface area contributed by atoms with Crippen molar-refractivity contribution in [3.8, 4) is 5.88 Å². The molecule has 3 rings (SSSR count). The summed E-state index contributed by atoms with van der Waals surface area (Å²) in [6, 6.07) is 3.87. The molecule has 6 nitrogen and oxygen atoms in total. The lowest BCUT2D eigenvalue weighted by atomic mass is 9.84. The van der Waals surface area contributed by atoms with Gasteiger partial charge in [-0.15, -0.1) is 0 Å². The molecular weight excluding hydrogens is 416 g/mol. The van der Waals surface area contributed by atoms with Crippen molar-refractivity contribution in [1.82, 2.24) is 15.2 Å². The molecule has 0 radical (unpaired) electrons. The number of aromatic nitrogens is 1. The summed E-state index contributed by atoms with van der Waals surface area (Å²) in [5.41, 5.74) is 1.68. The maximum Gasteiger partial charge on any atom is 0.407 e. The first-order chi connectivity index (χ1) is 15.2. The van der Waals surface area contributed by atoms with Crippen LogP contribution in [0.2, 0.25) is 0 Å². The molecule has 1 aromatic rings. The highest BCUT2D eigenvalue weighted by Gasteiger charge is 2.25. The highest BCUT2D eigenvalue weighted by Crippen LogP contribution is 2.28. The van der Waals surface area contributed by atoms with E-state index in [1.165, 1.54) is 5.56 Å². The highest BCUT2D eigenvalue weighted by atomic mass is 19.3. The van der Waals surface area contributed by atoms with E-state index >= 15 is 0 Å². The number of nitrogens with one attached hydrogen (secondary N) is 1. The fraction of sp³-hybridized carbons (Fsp3) is 0.750. The minimum Gasteiger partial charge on any atom is -0.472 e. The van der Waals surface area contributed by atoms with Crippen molar-refractivity contribution < 1.29 is 23.0 Å². The van der Waals surface area contributed by atoms with Crippen LogP contribution in [0.4, 0.5) is 13.6 Å². The molecule has 1 N–H and O–H groups in total. The van der Waals surface area contributed by atoms with Gasteiger partial charge in [0, 0.05) is 37.3 Å². The van der Waals surface area contributed by atoms with E-state index in [1.54, 1.807) is 6.07 Å². The van der Waals surface area contributed by atoms with Crippen LogP contribution in [0.3, 0.4) is 0 Å². The molecule has 8 heteroatoms. The van der Waals surface area contributed by atoms with Gasteiger partial charge in [0.2, 0.25) is 5.88 Å². The van der Waals surface area contributed by atoms with Crippen LogP contribution >= 0.6 is 0 Å². The van der Waals surface area contributed by atoms with Gasteiger partial charge in [-0.05, 0) is 77.3 Å². The number of carbonyl (C=O) groups excluding carboxylic acids is 1. The van der Waals surface area contributed by atoms with Crippen LogP contribution in [0.25, 0.3) is 0 Å². The molecule has 2 heterocycles. The van der Waals surface area contributed by atoms with Gasteiger partial charge in [-0.3, -0.25) is 0 Å². The first-order valence-electron chi connectivity index (χ1n) is 11.8. The Kier molecular flexibility index (Phi) is 8.68. The fourth-order valence-corrected chi connectivity index (χ4v) is 4.50. The summed E-state index contributed by atoms with van der Waals surface area (Å²) in [5, 5.41) is 3.01. The normalized spacial score (nSPS) is 22.2. The summed E-state index contributed by atoms with van der Waals surface area (Å²) in [7, 11) is 0. The summed E-state index contributed by atoms with van der Waals surface area (Å²) < 4.78 is 35.2. The maximum absolute atomic E-state index is 12.4. The van der Waals surface area contributed by atoms with Crippen molar-refractivity contribution in [2.45, 2.75) is 83.8 Å². The number of carbonyl (C=O) groups is 1. The van der Waals surface area contributed by atoms with Gasteiger partial charge in [-0.1, -0.05) is 6.07 Å². The Balaban J connectivity index is 1.37. The van der Waals surface area contributed by atoms with E-state index in [0.29, 0.717) is 5.92 Å². The largest absolute Gasteiger partial charge is 0.472 e. The van der Waals surface area contributed by atoms with E-state index in [4.69, 9.17) is 9.47 Å². The lowest BCUT2D eigenvalue weighted by molar-refractivity contribution is 0.0486. The van der Waals surface area contributed by atoms with Crippen molar-refractivity contribution in [2.75, 3.05) is 26.2 Å². The van der Waals surface area contributed by atoms with Crippen LogP contribution in [0, 0.1) is 5.92 Å². The van der Waals surface area contributed by atoms with Crippen LogP contribution < -0.4 is 10.1 Å². The van der Waals surface area contributed by atoms with E-state index in [0.717, 1.165) is 70.3 Å². The number of halogens is 2. The fourth-order valence-electron chi connectivity index (χ4n) is 4.50. The molecule has 0 spiro atoms. The number of amides is 1. The van der Waals surface area contributed by atoms with Gasteiger partial charge in [0.25, 0.3) is 6.43 Å². The average Bonchev–Trinajstić information content (AvgIpc) is 2.92. The van der Waals surface area contributed by atoms with E-state index in [1.807, 2.05) is 26.8 Å². The highest BCUT2D eigenvalue weighted by molar-refractivity contribution is 5.68. The third-order valence-electron chi connectivity index (χ3n) is 6.18. The van der Waals surface area contributed by atoms with Crippen molar-refractivity contribution >= 4 is 6.09 Å². The van der Waals surface area contributed by atoms with Crippen molar-refractivity contribution in [3.05, 3.63) is 23.4 Å². The number of pyridine rings is 1. The molecular formula is C24H37F2N3O3. The Morgan fingerprint density at radius 3 is 2.59 bits per heavy atom. The summed E-state index contributed by atoms with van der Waals surface area (Å²) in [6.07, 6.45) is 4.34. The molecule has 0 atom stereocenters. The lowest BCUT2D eigenvalue weighted by Crippen LogP contribution is -2.41. The molecule has 1 amide bonds. The summed E-state index contributed by atoms with van der Waals surface area (Å²) in [4.78, 5) is 18.9. The third kappa shape index (κ3) is 8.19. The van der Waals surface area contributed by atoms with Crippen molar-refractivity contribution in [3.63, 3.8) is 0 Å². The van der Waals surface area contributed by atoms with Crippen molar-refractivity contribution in [1.29, 1.82) is 0 Å². The molecule has 0 bridgehead atoms. The maximum atomic E-state index is 12.4. The second-order valence-corrected chi connectivity index (χ2v) is 9.95. The second kappa shape index (κ2) is 11.3. The minimum absolute atomic E-state index is 0.210. The minimum atomic E-state index is -2.49. The molecule has 1 fully saturated rings. The molecule has 32 heavy (non-hydrogen) atoms. The second-order valence-electron chi connectivity index (χ2n) is 9.95. The van der Waals surface area contributed by atoms with Crippen molar-refractivity contribution in [2.24, 2.45) is 5.92 Å². The molecule has 180 valence electrons. The van der Waals surface area contributed by atoms with Gasteiger partial charge in [0.1, 0.15) is 5.60 Å². The number of hydrogen-bond donors (Lipinski definition) is 1. The molecule has 0 saturated heterocycles. The number of alkyl halides is 2. The number of hydrogen-bond acceptors (Lipinski definition) is 5. The number of rotatable bonds is 7. The van der Waals surface area contributed by atoms with Gasteiger partial charge >= 0.3 is 6.09 Å². The number of fused-ring (bicyclic) bond motifs is 1. The molecule has 1 aliphatic carbocycles. The summed E-state index contributed by atoms with van der Waals surface area (Å²) in [6.45, 7) is 7.98. The quantitative estimate of drug-likeness (QED) is 0.654. The van der Waals surface area contributed by atoms with Crippen LogP contribution in [0.5, 0.6) is 5.88 Å². The van der Waals surface area contributed by atoms with Crippen LogP contribution in [-0.2, 0) is 17.6 Å². The summed E-state index contributed by atoms with van der Waals surface area (Å²) in [5.74, 6) is 0.971. The van der Waals surface area contributed by atoms with Gasteiger partial charge in [0.05, 0.1) is 0 Å². The lowest BCUT2D eigenvalue weighted by Gasteiger charge is -2.31. The van der Waals surface area contributed by atoms with Crippen LogP contribution in [0.15, 0.2) is 12.1 Å². The molecule has 1 aliphatic heterocycles. The van der Waals surface area contributed by atoms with E-state index in [2.05, 4.69) is 15.2 Å². The van der Waals surface area contributed by atoms with Gasteiger partial charge < -0.3 is 19.7 Å². The SMILES string of the molecule is CC(C)(C)OC(=O)N[C@H]1CC[C@H](CCN2CCc3ccc(OCC(F)F)nc3CC2)CC1. The Hall–Kier alpha value is -1.96.